The second-order valence-electron chi connectivity index (χ2n) is 7.80. The van der Waals surface area contributed by atoms with E-state index in [-0.39, 0.29) is 18.6 Å². The summed E-state index contributed by atoms with van der Waals surface area (Å²) in [6.45, 7) is 0.313. The van der Waals surface area contributed by atoms with Gasteiger partial charge < -0.3 is 30.1 Å². The van der Waals surface area contributed by atoms with E-state index in [4.69, 9.17) is 9.47 Å². The van der Waals surface area contributed by atoms with Gasteiger partial charge in [-0.05, 0) is 48.4 Å². The normalized spacial score (nSPS) is 34.5. The van der Waals surface area contributed by atoms with E-state index in [0.717, 1.165) is 11.3 Å². The van der Waals surface area contributed by atoms with Crippen molar-refractivity contribution < 1.29 is 24.8 Å². The molecule has 1 heterocycles. The smallest absolute Gasteiger partial charge is 0.285 e. The van der Waals surface area contributed by atoms with E-state index in [1.165, 1.54) is 24.8 Å². The molecule has 3 fully saturated rings. The van der Waals surface area contributed by atoms with E-state index in [0.29, 0.717) is 24.9 Å². The van der Waals surface area contributed by atoms with Crippen molar-refractivity contribution in [3.63, 3.8) is 0 Å². The molecule has 1 aromatic rings. The Morgan fingerprint density at radius 2 is 2.07 bits per heavy atom. The molecule has 4 rings (SSSR count). The number of amidine groups is 1. The van der Waals surface area contributed by atoms with Crippen molar-refractivity contribution in [2.75, 3.05) is 13.7 Å². The molecule has 1 aliphatic heterocycles. The number of aliphatic hydroxyl groups excluding tert-OH is 3. The highest BCUT2D eigenvalue weighted by molar-refractivity contribution is 5.76. The van der Waals surface area contributed by atoms with E-state index >= 15 is 0 Å². The largest absolute Gasteiger partial charge is 0.497 e. The van der Waals surface area contributed by atoms with Crippen molar-refractivity contribution in [2.24, 2.45) is 10.9 Å². The molecule has 1 saturated heterocycles. The minimum atomic E-state index is -0.986. The second-order valence-corrected chi connectivity index (χ2v) is 7.80. The quantitative estimate of drug-likeness (QED) is 0.609. The van der Waals surface area contributed by atoms with Gasteiger partial charge >= 0.3 is 0 Å². The number of hydrogen-bond donors (Lipinski definition) is 4. The van der Waals surface area contributed by atoms with Crippen LogP contribution in [0.1, 0.15) is 42.7 Å². The number of aliphatic hydroxyl groups is 3. The standard InChI is InChI=1S/C20H28N2O5/c1-26-14-6-5-12(15(8-14)11-3-2-4-11)9-21-20-22-17-16(27-20)7-13(10-23)18(24)19(17)25/h5-6,8,11,13,16-19,23-25H,2-4,7,9-10H2,1H3,(H,21,22). The summed E-state index contributed by atoms with van der Waals surface area (Å²) in [4.78, 5) is 4.57. The van der Waals surface area contributed by atoms with Crippen molar-refractivity contribution in [1.29, 1.82) is 0 Å². The Balaban J connectivity index is 1.48. The predicted octanol–water partition coefficient (Wildman–Crippen LogP) is 0.910. The molecule has 1 aromatic carbocycles. The molecule has 7 heteroatoms. The lowest BCUT2D eigenvalue weighted by Gasteiger charge is -2.37. The fraction of sp³-hybridized carbons (Fsp3) is 0.650. The molecule has 2 aliphatic carbocycles. The molecular formula is C20H28N2O5. The molecule has 5 unspecified atom stereocenters. The van der Waals surface area contributed by atoms with E-state index < -0.39 is 18.2 Å². The Labute approximate surface area is 159 Å². The summed E-state index contributed by atoms with van der Waals surface area (Å²) in [6.07, 6.45) is 1.90. The number of rotatable bonds is 5. The van der Waals surface area contributed by atoms with Crippen LogP contribution in [0.2, 0.25) is 0 Å². The number of hydrogen-bond acceptors (Lipinski definition) is 6. The van der Waals surface area contributed by atoms with Crippen LogP contribution in [-0.2, 0) is 11.3 Å². The summed E-state index contributed by atoms with van der Waals surface area (Å²) in [7, 11) is 1.68. The summed E-state index contributed by atoms with van der Waals surface area (Å²) in [6, 6.07) is 6.10. The third-order valence-electron chi connectivity index (χ3n) is 6.22. The fourth-order valence-corrected chi connectivity index (χ4v) is 4.28. The van der Waals surface area contributed by atoms with Gasteiger partial charge in [-0.1, -0.05) is 12.5 Å². The Kier molecular flexibility index (Phi) is 5.25. The van der Waals surface area contributed by atoms with Gasteiger partial charge in [0.25, 0.3) is 6.02 Å². The molecule has 7 nitrogen and oxygen atoms in total. The zero-order valence-corrected chi connectivity index (χ0v) is 15.5. The maximum atomic E-state index is 10.3. The van der Waals surface area contributed by atoms with E-state index in [2.05, 4.69) is 22.4 Å². The van der Waals surface area contributed by atoms with Gasteiger partial charge in [-0.3, -0.25) is 0 Å². The Morgan fingerprint density at radius 1 is 1.26 bits per heavy atom. The van der Waals surface area contributed by atoms with Crippen LogP contribution in [0.3, 0.4) is 0 Å². The number of benzene rings is 1. The van der Waals surface area contributed by atoms with Crippen molar-refractivity contribution in [1.82, 2.24) is 5.32 Å². The summed E-state index contributed by atoms with van der Waals surface area (Å²) >= 11 is 0. The minimum Gasteiger partial charge on any atom is -0.497 e. The Bertz CT molecular complexity index is 706. The highest BCUT2D eigenvalue weighted by atomic mass is 16.5. The third kappa shape index (κ3) is 3.51. The zero-order chi connectivity index (χ0) is 19.0. The number of nitrogens with one attached hydrogen (secondary N) is 1. The molecule has 0 spiro atoms. The first-order valence-corrected chi connectivity index (χ1v) is 9.72. The van der Waals surface area contributed by atoms with Crippen molar-refractivity contribution in [3.05, 3.63) is 29.3 Å². The molecule has 27 heavy (non-hydrogen) atoms. The van der Waals surface area contributed by atoms with Gasteiger partial charge in [0.05, 0.1) is 25.8 Å². The second kappa shape index (κ2) is 7.66. The lowest BCUT2D eigenvalue weighted by molar-refractivity contribution is -0.0948. The monoisotopic (exact) mass is 376 g/mol. The molecular weight excluding hydrogens is 348 g/mol. The molecule has 5 atom stereocenters. The van der Waals surface area contributed by atoms with Crippen LogP contribution in [0, 0.1) is 5.92 Å². The van der Waals surface area contributed by atoms with Crippen LogP contribution in [0.4, 0.5) is 0 Å². The molecule has 4 N–H and O–H groups in total. The SMILES string of the molecule is COc1ccc(CN=C2NC3C(CC(CO)C(O)C3O)O2)c(C2CCC2)c1. The van der Waals surface area contributed by atoms with Crippen LogP contribution in [0.15, 0.2) is 23.2 Å². The van der Waals surface area contributed by atoms with Gasteiger partial charge in [-0.25, -0.2) is 4.99 Å². The third-order valence-corrected chi connectivity index (χ3v) is 6.22. The van der Waals surface area contributed by atoms with Crippen LogP contribution >= 0.6 is 0 Å². The van der Waals surface area contributed by atoms with E-state index in [1.54, 1.807) is 7.11 Å². The average Bonchev–Trinajstić information content (AvgIpc) is 3.05. The molecule has 0 bridgehead atoms. The molecule has 0 amide bonds. The van der Waals surface area contributed by atoms with Gasteiger partial charge in [0.2, 0.25) is 0 Å². The number of aliphatic imine (C=N–C) groups is 1. The maximum Gasteiger partial charge on any atom is 0.285 e. The summed E-state index contributed by atoms with van der Waals surface area (Å²) in [5, 5.41) is 32.9. The lowest BCUT2D eigenvalue weighted by atomic mass is 9.78. The first kappa shape index (κ1) is 18.5. The molecule has 148 valence electrons. The highest BCUT2D eigenvalue weighted by Crippen LogP contribution is 2.39. The van der Waals surface area contributed by atoms with Crippen LogP contribution < -0.4 is 10.1 Å². The Hall–Kier alpha value is -1.83. The van der Waals surface area contributed by atoms with Gasteiger partial charge in [0.15, 0.2) is 0 Å². The number of nitrogens with zero attached hydrogens (tertiary/aromatic N) is 1. The summed E-state index contributed by atoms with van der Waals surface area (Å²) in [5.74, 6) is 1.05. The maximum absolute atomic E-state index is 10.3. The van der Waals surface area contributed by atoms with Crippen molar-refractivity contribution in [2.45, 2.75) is 62.5 Å². The fourth-order valence-electron chi connectivity index (χ4n) is 4.28. The minimum absolute atomic E-state index is 0.173. The summed E-state index contributed by atoms with van der Waals surface area (Å²) in [5.41, 5.74) is 2.44. The highest BCUT2D eigenvalue weighted by Gasteiger charge is 2.48. The first-order chi connectivity index (χ1) is 13.1. The molecule has 0 radical (unpaired) electrons. The molecule has 3 aliphatic rings. The average molecular weight is 376 g/mol. The van der Waals surface area contributed by atoms with Crippen molar-refractivity contribution >= 4 is 6.02 Å². The van der Waals surface area contributed by atoms with Crippen LogP contribution in [0.5, 0.6) is 5.75 Å². The zero-order valence-electron chi connectivity index (χ0n) is 15.5. The van der Waals surface area contributed by atoms with Gasteiger partial charge in [0, 0.05) is 12.5 Å². The summed E-state index contributed by atoms with van der Waals surface area (Å²) < 4.78 is 11.2. The Morgan fingerprint density at radius 3 is 2.74 bits per heavy atom. The van der Waals surface area contributed by atoms with Crippen molar-refractivity contribution in [3.8, 4) is 5.75 Å². The first-order valence-electron chi connectivity index (χ1n) is 9.72. The number of ether oxygens (including phenoxy) is 2. The van der Waals surface area contributed by atoms with Gasteiger partial charge in [0.1, 0.15) is 18.0 Å². The van der Waals surface area contributed by atoms with Gasteiger partial charge in [-0.15, -0.1) is 0 Å². The van der Waals surface area contributed by atoms with Crippen LogP contribution in [-0.4, -0.2) is 59.4 Å². The van der Waals surface area contributed by atoms with Crippen LogP contribution in [0.25, 0.3) is 0 Å². The number of fused-ring (bicyclic) bond motifs is 1. The topological polar surface area (TPSA) is 104 Å². The predicted molar refractivity (Wildman–Crippen MR) is 99.7 cm³/mol. The van der Waals surface area contributed by atoms with E-state index in [9.17, 15) is 15.3 Å². The van der Waals surface area contributed by atoms with Gasteiger partial charge in [-0.2, -0.15) is 0 Å². The lowest BCUT2D eigenvalue weighted by Crippen LogP contribution is -2.56. The van der Waals surface area contributed by atoms with E-state index in [1.807, 2.05) is 6.07 Å². The number of methoxy groups -OCH3 is 1. The molecule has 2 saturated carbocycles. The molecule has 0 aromatic heterocycles.